The van der Waals surface area contributed by atoms with Crippen molar-refractivity contribution in [2.24, 2.45) is 0 Å². The lowest BCUT2D eigenvalue weighted by molar-refractivity contribution is 0.0723. The number of aryl methyl sites for hydroxylation is 3. The summed E-state index contributed by atoms with van der Waals surface area (Å²) < 4.78 is 1.92. The Morgan fingerprint density at radius 2 is 2.12 bits per heavy atom. The number of pyridine rings is 1. The number of hydrogen-bond donors (Lipinski definition) is 0. The summed E-state index contributed by atoms with van der Waals surface area (Å²) >= 11 is 0. The molecule has 3 heterocycles. The number of carbonyl (C=O) groups is 1. The van der Waals surface area contributed by atoms with Crippen LogP contribution in [0.3, 0.4) is 0 Å². The van der Waals surface area contributed by atoms with Crippen LogP contribution in [0.5, 0.6) is 0 Å². The topological polar surface area (TPSA) is 51.0 Å². The number of fused-ring (bicyclic) bond motifs is 1. The van der Waals surface area contributed by atoms with Gasteiger partial charge in [-0.15, -0.1) is 0 Å². The standard InChI is InChI=1S/C21H24N4O/c1-14-7-8-18-19(12-15(2)23-20(18)16(14)3)21(26)25-11-4-6-17(25)13-24-10-5-9-22-24/h5,7-10,12,17H,4,6,11,13H2,1-3H3. The molecule has 0 aliphatic carbocycles. The molecule has 1 atom stereocenters. The first kappa shape index (κ1) is 16.8. The summed E-state index contributed by atoms with van der Waals surface area (Å²) in [5.74, 6) is 0.110. The van der Waals surface area contributed by atoms with E-state index in [1.165, 1.54) is 5.56 Å². The van der Waals surface area contributed by atoms with Crippen molar-refractivity contribution in [3.63, 3.8) is 0 Å². The summed E-state index contributed by atoms with van der Waals surface area (Å²) in [7, 11) is 0. The van der Waals surface area contributed by atoms with Gasteiger partial charge in [0, 0.05) is 30.0 Å². The monoisotopic (exact) mass is 348 g/mol. The summed E-state index contributed by atoms with van der Waals surface area (Å²) in [5.41, 5.74) is 4.94. The van der Waals surface area contributed by atoms with E-state index in [9.17, 15) is 4.79 Å². The van der Waals surface area contributed by atoms with E-state index >= 15 is 0 Å². The highest BCUT2D eigenvalue weighted by Gasteiger charge is 2.31. The number of likely N-dealkylation sites (tertiary alicyclic amines) is 1. The maximum absolute atomic E-state index is 13.4. The summed E-state index contributed by atoms with van der Waals surface area (Å²) in [5, 5.41) is 5.25. The van der Waals surface area contributed by atoms with Crippen molar-refractivity contribution in [1.82, 2.24) is 19.7 Å². The molecule has 0 radical (unpaired) electrons. The average Bonchev–Trinajstić information content (AvgIpc) is 3.30. The molecule has 1 fully saturated rings. The third-order valence-corrected chi connectivity index (χ3v) is 5.46. The van der Waals surface area contributed by atoms with Crippen LogP contribution in [0.4, 0.5) is 0 Å². The largest absolute Gasteiger partial charge is 0.334 e. The van der Waals surface area contributed by atoms with Gasteiger partial charge in [0.25, 0.3) is 5.91 Å². The van der Waals surface area contributed by atoms with Crippen molar-refractivity contribution in [2.45, 2.75) is 46.2 Å². The lowest BCUT2D eigenvalue weighted by Gasteiger charge is -2.25. The first-order chi connectivity index (χ1) is 12.5. The van der Waals surface area contributed by atoms with Crippen molar-refractivity contribution < 1.29 is 4.79 Å². The van der Waals surface area contributed by atoms with Gasteiger partial charge in [-0.3, -0.25) is 14.5 Å². The molecule has 134 valence electrons. The van der Waals surface area contributed by atoms with E-state index in [0.29, 0.717) is 0 Å². The molecule has 2 aromatic heterocycles. The van der Waals surface area contributed by atoms with E-state index in [2.05, 4.69) is 25.0 Å². The van der Waals surface area contributed by atoms with Gasteiger partial charge in [0.1, 0.15) is 0 Å². The van der Waals surface area contributed by atoms with E-state index in [0.717, 1.165) is 53.7 Å². The molecule has 1 aliphatic rings. The number of carbonyl (C=O) groups excluding carboxylic acids is 1. The quantitative estimate of drug-likeness (QED) is 0.726. The second-order valence-electron chi connectivity index (χ2n) is 7.24. The zero-order chi connectivity index (χ0) is 18.3. The van der Waals surface area contributed by atoms with E-state index in [1.807, 2.05) is 40.9 Å². The van der Waals surface area contributed by atoms with Crippen LogP contribution in [-0.4, -0.2) is 38.2 Å². The molecule has 0 spiro atoms. The molecule has 0 bridgehead atoms. The minimum atomic E-state index is 0.110. The number of amides is 1. The molecule has 4 rings (SSSR count). The van der Waals surface area contributed by atoms with Crippen LogP contribution in [0, 0.1) is 20.8 Å². The second-order valence-corrected chi connectivity index (χ2v) is 7.24. The Kier molecular flexibility index (Phi) is 4.23. The molecule has 1 unspecified atom stereocenters. The fourth-order valence-electron chi connectivity index (χ4n) is 3.91. The maximum Gasteiger partial charge on any atom is 0.254 e. The smallest absolute Gasteiger partial charge is 0.254 e. The minimum Gasteiger partial charge on any atom is -0.334 e. The first-order valence-electron chi connectivity index (χ1n) is 9.20. The fourth-order valence-corrected chi connectivity index (χ4v) is 3.91. The number of nitrogens with zero attached hydrogens (tertiary/aromatic N) is 4. The van der Waals surface area contributed by atoms with Crippen LogP contribution in [0.15, 0.2) is 36.7 Å². The van der Waals surface area contributed by atoms with Gasteiger partial charge in [-0.2, -0.15) is 5.10 Å². The summed E-state index contributed by atoms with van der Waals surface area (Å²) in [6.45, 7) is 7.68. The number of hydrogen-bond acceptors (Lipinski definition) is 3. The van der Waals surface area contributed by atoms with Crippen LogP contribution in [0.2, 0.25) is 0 Å². The van der Waals surface area contributed by atoms with Crippen molar-refractivity contribution in [1.29, 1.82) is 0 Å². The highest BCUT2D eigenvalue weighted by Crippen LogP contribution is 2.28. The molecular formula is C21H24N4O. The number of aromatic nitrogens is 3. The average molecular weight is 348 g/mol. The Balaban J connectivity index is 1.72. The van der Waals surface area contributed by atoms with E-state index in [1.54, 1.807) is 6.20 Å². The van der Waals surface area contributed by atoms with Gasteiger partial charge in [-0.05, 0) is 56.9 Å². The molecule has 26 heavy (non-hydrogen) atoms. The number of benzene rings is 1. The van der Waals surface area contributed by atoms with Gasteiger partial charge < -0.3 is 4.90 Å². The Morgan fingerprint density at radius 1 is 1.27 bits per heavy atom. The third-order valence-electron chi connectivity index (χ3n) is 5.46. The van der Waals surface area contributed by atoms with Crippen LogP contribution >= 0.6 is 0 Å². The molecule has 1 aliphatic heterocycles. The lowest BCUT2D eigenvalue weighted by atomic mass is 10.00. The molecule has 1 saturated heterocycles. The van der Waals surface area contributed by atoms with Crippen LogP contribution in [0.25, 0.3) is 10.9 Å². The Hall–Kier alpha value is -2.69. The van der Waals surface area contributed by atoms with Crippen molar-refractivity contribution in [3.8, 4) is 0 Å². The zero-order valence-corrected chi connectivity index (χ0v) is 15.6. The molecule has 5 nitrogen and oxygen atoms in total. The Bertz CT molecular complexity index is 962. The Labute approximate surface area is 153 Å². The highest BCUT2D eigenvalue weighted by molar-refractivity contribution is 6.07. The summed E-state index contributed by atoms with van der Waals surface area (Å²) in [6.07, 6.45) is 5.80. The zero-order valence-electron chi connectivity index (χ0n) is 15.6. The molecule has 3 aromatic rings. The first-order valence-corrected chi connectivity index (χ1v) is 9.20. The highest BCUT2D eigenvalue weighted by atomic mass is 16.2. The van der Waals surface area contributed by atoms with Gasteiger partial charge in [0.2, 0.25) is 0 Å². The fraction of sp³-hybridized carbons (Fsp3) is 0.381. The predicted molar refractivity (Wildman–Crippen MR) is 102 cm³/mol. The van der Waals surface area contributed by atoms with Crippen LogP contribution < -0.4 is 0 Å². The maximum atomic E-state index is 13.4. The van der Waals surface area contributed by atoms with Crippen molar-refractivity contribution in [2.75, 3.05) is 6.54 Å². The van der Waals surface area contributed by atoms with Gasteiger partial charge in [-0.1, -0.05) is 12.1 Å². The molecule has 0 N–H and O–H groups in total. The minimum absolute atomic E-state index is 0.110. The summed E-state index contributed by atoms with van der Waals surface area (Å²) in [4.78, 5) is 20.1. The normalized spacial score (nSPS) is 17.2. The van der Waals surface area contributed by atoms with Gasteiger partial charge in [0.15, 0.2) is 0 Å². The van der Waals surface area contributed by atoms with Crippen LogP contribution in [-0.2, 0) is 6.54 Å². The van der Waals surface area contributed by atoms with E-state index < -0.39 is 0 Å². The van der Waals surface area contributed by atoms with Crippen molar-refractivity contribution >= 4 is 16.8 Å². The van der Waals surface area contributed by atoms with Crippen LogP contribution in [0.1, 0.15) is 40.0 Å². The second kappa shape index (κ2) is 6.56. The molecule has 0 saturated carbocycles. The van der Waals surface area contributed by atoms with Gasteiger partial charge in [0.05, 0.1) is 23.7 Å². The lowest BCUT2D eigenvalue weighted by Crippen LogP contribution is -2.38. The third kappa shape index (κ3) is 2.87. The molecular weight excluding hydrogens is 324 g/mol. The molecule has 5 heteroatoms. The summed E-state index contributed by atoms with van der Waals surface area (Å²) in [6, 6.07) is 8.17. The van der Waals surface area contributed by atoms with Gasteiger partial charge >= 0.3 is 0 Å². The van der Waals surface area contributed by atoms with E-state index in [-0.39, 0.29) is 11.9 Å². The predicted octanol–water partition coefficient (Wildman–Crippen LogP) is 3.66. The molecule has 1 aromatic carbocycles. The molecule has 1 amide bonds. The number of rotatable bonds is 3. The Morgan fingerprint density at radius 3 is 2.88 bits per heavy atom. The van der Waals surface area contributed by atoms with Crippen molar-refractivity contribution in [3.05, 3.63) is 59.0 Å². The van der Waals surface area contributed by atoms with Gasteiger partial charge in [-0.25, -0.2) is 0 Å². The van der Waals surface area contributed by atoms with E-state index in [4.69, 9.17) is 4.98 Å². The SMILES string of the molecule is Cc1cc(C(=O)N2CCCC2Cn2cccn2)c2ccc(C)c(C)c2n1.